The lowest BCUT2D eigenvalue weighted by molar-refractivity contribution is 0.929. The van der Waals surface area contributed by atoms with Crippen molar-refractivity contribution in [3.8, 4) is 0 Å². The third-order valence-corrected chi connectivity index (χ3v) is 1.38. The van der Waals surface area contributed by atoms with E-state index in [1.807, 2.05) is 6.92 Å². The highest BCUT2D eigenvalue weighted by Gasteiger charge is 1.84. The van der Waals surface area contributed by atoms with Crippen molar-refractivity contribution in [1.82, 2.24) is 0 Å². The van der Waals surface area contributed by atoms with E-state index in [2.05, 4.69) is 31.2 Å². The fourth-order valence-electron chi connectivity index (χ4n) is 0.825. The Morgan fingerprint density at radius 3 is 2.00 bits per heavy atom. The highest BCUT2D eigenvalue weighted by atomic mass is 13.9. The van der Waals surface area contributed by atoms with E-state index in [0.717, 1.165) is 6.42 Å². The SMILES string of the molecule is C/C=C\CC.C1=CCCC1. The summed E-state index contributed by atoms with van der Waals surface area (Å²) in [7, 11) is 0. The van der Waals surface area contributed by atoms with Crippen LogP contribution in [0.5, 0.6) is 0 Å². The van der Waals surface area contributed by atoms with Gasteiger partial charge in [-0.2, -0.15) is 0 Å². The molecule has 0 fully saturated rings. The molecule has 0 aromatic heterocycles. The van der Waals surface area contributed by atoms with Crippen LogP contribution in [0, 0.1) is 0 Å². The molecular formula is C10H18. The smallest absolute Gasteiger partial charge is 0.0348 e. The van der Waals surface area contributed by atoms with Gasteiger partial charge in [-0.1, -0.05) is 31.2 Å². The maximum Gasteiger partial charge on any atom is -0.0348 e. The molecule has 0 radical (unpaired) electrons. The third-order valence-electron chi connectivity index (χ3n) is 1.38. The molecule has 0 saturated heterocycles. The average Bonchev–Trinajstić information content (AvgIpc) is 2.44. The topological polar surface area (TPSA) is 0 Å². The van der Waals surface area contributed by atoms with E-state index in [0.29, 0.717) is 0 Å². The molecule has 0 aliphatic heterocycles. The highest BCUT2D eigenvalue weighted by molar-refractivity contribution is 4.88. The number of rotatable bonds is 1. The number of allylic oxidation sites excluding steroid dienone is 4. The second-order valence-corrected chi connectivity index (χ2v) is 2.38. The lowest BCUT2D eigenvalue weighted by atomic mass is 10.4. The van der Waals surface area contributed by atoms with Crippen LogP contribution in [0.2, 0.25) is 0 Å². The largest absolute Gasteiger partial charge is 0.0917 e. The first-order chi connectivity index (χ1) is 4.91. The Morgan fingerprint density at radius 1 is 1.30 bits per heavy atom. The van der Waals surface area contributed by atoms with E-state index in [-0.39, 0.29) is 0 Å². The maximum absolute atomic E-state index is 2.24. The molecule has 0 saturated carbocycles. The van der Waals surface area contributed by atoms with Crippen LogP contribution in [0.15, 0.2) is 24.3 Å². The Balaban J connectivity index is 0.000000162. The van der Waals surface area contributed by atoms with Crippen molar-refractivity contribution in [3.05, 3.63) is 24.3 Å². The van der Waals surface area contributed by atoms with Crippen molar-refractivity contribution in [2.24, 2.45) is 0 Å². The zero-order chi connectivity index (χ0) is 7.66. The first kappa shape index (κ1) is 9.48. The third kappa shape index (κ3) is 7.48. The molecule has 1 rings (SSSR count). The molecule has 0 spiro atoms. The van der Waals surface area contributed by atoms with Gasteiger partial charge in [0.2, 0.25) is 0 Å². The van der Waals surface area contributed by atoms with Gasteiger partial charge in [0.05, 0.1) is 0 Å². The van der Waals surface area contributed by atoms with Gasteiger partial charge >= 0.3 is 0 Å². The highest BCUT2D eigenvalue weighted by Crippen LogP contribution is 2.05. The summed E-state index contributed by atoms with van der Waals surface area (Å²) < 4.78 is 0. The lowest BCUT2D eigenvalue weighted by Gasteiger charge is -1.69. The van der Waals surface area contributed by atoms with Gasteiger partial charge in [-0.25, -0.2) is 0 Å². The van der Waals surface area contributed by atoms with Crippen LogP contribution >= 0.6 is 0 Å². The molecule has 10 heavy (non-hydrogen) atoms. The van der Waals surface area contributed by atoms with Crippen LogP contribution < -0.4 is 0 Å². The molecule has 0 nitrogen and oxygen atoms in total. The minimum absolute atomic E-state index is 1.16. The average molecular weight is 138 g/mol. The van der Waals surface area contributed by atoms with Gasteiger partial charge < -0.3 is 0 Å². The maximum atomic E-state index is 2.24. The van der Waals surface area contributed by atoms with Crippen molar-refractivity contribution in [1.29, 1.82) is 0 Å². The normalized spacial score (nSPS) is 15.4. The lowest BCUT2D eigenvalue weighted by Crippen LogP contribution is -1.50. The summed E-state index contributed by atoms with van der Waals surface area (Å²) in [5.74, 6) is 0. The second kappa shape index (κ2) is 8.48. The van der Waals surface area contributed by atoms with Crippen LogP contribution in [-0.4, -0.2) is 0 Å². The van der Waals surface area contributed by atoms with Gasteiger partial charge in [-0.3, -0.25) is 0 Å². The Kier molecular flexibility index (Phi) is 8.04. The van der Waals surface area contributed by atoms with Gasteiger partial charge in [-0.05, 0) is 32.6 Å². The molecule has 1 aliphatic carbocycles. The molecule has 0 unspecified atom stereocenters. The van der Waals surface area contributed by atoms with Crippen molar-refractivity contribution in [3.63, 3.8) is 0 Å². The van der Waals surface area contributed by atoms with Crippen LogP contribution in [0.1, 0.15) is 39.5 Å². The summed E-state index contributed by atoms with van der Waals surface area (Å²) in [6.07, 6.45) is 13.8. The Labute approximate surface area is 64.6 Å². The molecular weight excluding hydrogens is 120 g/mol. The van der Waals surface area contributed by atoms with E-state index in [4.69, 9.17) is 0 Å². The Morgan fingerprint density at radius 2 is 1.90 bits per heavy atom. The summed E-state index contributed by atoms with van der Waals surface area (Å²) in [6.45, 7) is 4.16. The molecule has 0 N–H and O–H groups in total. The zero-order valence-electron chi connectivity index (χ0n) is 7.14. The van der Waals surface area contributed by atoms with Crippen LogP contribution in [0.4, 0.5) is 0 Å². The quantitative estimate of drug-likeness (QED) is 0.485. The number of hydrogen-bond acceptors (Lipinski definition) is 0. The van der Waals surface area contributed by atoms with Gasteiger partial charge in [0, 0.05) is 0 Å². The molecule has 0 atom stereocenters. The van der Waals surface area contributed by atoms with Gasteiger partial charge in [0.25, 0.3) is 0 Å². The predicted molar refractivity (Wildman–Crippen MR) is 48.1 cm³/mol. The molecule has 0 amide bonds. The van der Waals surface area contributed by atoms with Gasteiger partial charge in [-0.15, -0.1) is 0 Å². The summed E-state index contributed by atoms with van der Waals surface area (Å²) in [6, 6.07) is 0. The van der Waals surface area contributed by atoms with Crippen LogP contribution in [0.25, 0.3) is 0 Å². The Bertz CT molecular complexity index is 92.6. The van der Waals surface area contributed by atoms with Crippen molar-refractivity contribution < 1.29 is 0 Å². The molecule has 58 valence electrons. The van der Waals surface area contributed by atoms with Crippen molar-refractivity contribution in [2.45, 2.75) is 39.5 Å². The molecule has 0 bridgehead atoms. The van der Waals surface area contributed by atoms with Crippen LogP contribution in [-0.2, 0) is 0 Å². The minimum Gasteiger partial charge on any atom is -0.0917 e. The first-order valence-corrected chi connectivity index (χ1v) is 4.18. The standard InChI is InChI=1S/C5H8.C5H10/c1-2-4-5-3-1;1-3-5-4-2/h1-2H,3-5H2;3,5H,4H2,1-2H3/b;5-3-. The van der Waals surface area contributed by atoms with Gasteiger partial charge in [0.1, 0.15) is 0 Å². The summed E-state index contributed by atoms with van der Waals surface area (Å²) >= 11 is 0. The van der Waals surface area contributed by atoms with Gasteiger partial charge in [0.15, 0.2) is 0 Å². The summed E-state index contributed by atoms with van der Waals surface area (Å²) in [5, 5.41) is 0. The molecule has 0 heteroatoms. The molecule has 0 aromatic carbocycles. The molecule has 1 aliphatic rings. The monoisotopic (exact) mass is 138 g/mol. The summed E-state index contributed by atoms with van der Waals surface area (Å²) in [4.78, 5) is 0. The first-order valence-electron chi connectivity index (χ1n) is 4.18. The second-order valence-electron chi connectivity index (χ2n) is 2.38. The molecule has 0 aromatic rings. The predicted octanol–water partition coefficient (Wildman–Crippen LogP) is 3.70. The van der Waals surface area contributed by atoms with Crippen molar-refractivity contribution in [2.75, 3.05) is 0 Å². The fraction of sp³-hybridized carbons (Fsp3) is 0.600. The van der Waals surface area contributed by atoms with E-state index < -0.39 is 0 Å². The Hall–Kier alpha value is -0.520. The molecule has 0 heterocycles. The van der Waals surface area contributed by atoms with Crippen molar-refractivity contribution >= 4 is 0 Å². The minimum atomic E-state index is 1.16. The fourth-order valence-corrected chi connectivity index (χ4v) is 0.825. The van der Waals surface area contributed by atoms with E-state index in [1.165, 1.54) is 19.3 Å². The zero-order valence-corrected chi connectivity index (χ0v) is 7.14. The summed E-state index contributed by atoms with van der Waals surface area (Å²) in [5.41, 5.74) is 0. The van der Waals surface area contributed by atoms with Crippen LogP contribution in [0.3, 0.4) is 0 Å². The number of hydrogen-bond donors (Lipinski definition) is 0. The van der Waals surface area contributed by atoms with E-state index in [1.54, 1.807) is 0 Å². The van der Waals surface area contributed by atoms with E-state index in [9.17, 15) is 0 Å². The van der Waals surface area contributed by atoms with E-state index >= 15 is 0 Å².